The minimum Gasteiger partial charge on any atom is -0.380 e. The van der Waals surface area contributed by atoms with Gasteiger partial charge in [0.05, 0.1) is 16.9 Å². The number of nitriles is 1. The third-order valence-electron chi connectivity index (χ3n) is 3.61. The second-order valence-corrected chi connectivity index (χ2v) is 6.58. The summed E-state index contributed by atoms with van der Waals surface area (Å²) in [5.41, 5.74) is 3.44. The van der Waals surface area contributed by atoms with E-state index in [0.29, 0.717) is 16.9 Å². The lowest BCUT2D eigenvalue weighted by molar-refractivity contribution is 0.766. The molecule has 2 rings (SSSR count). The lowest BCUT2D eigenvalue weighted by Gasteiger charge is -2.22. The van der Waals surface area contributed by atoms with Gasteiger partial charge < -0.3 is 5.32 Å². The first kappa shape index (κ1) is 14.2. The molecule has 0 aromatic carbocycles. The summed E-state index contributed by atoms with van der Waals surface area (Å²) in [4.78, 5) is 4.37. The van der Waals surface area contributed by atoms with E-state index in [9.17, 15) is 5.26 Å². The molecule has 0 amide bonds. The maximum Gasteiger partial charge on any atom is 0.103 e. The number of pyridine rings is 1. The summed E-state index contributed by atoms with van der Waals surface area (Å²) in [5.74, 6) is 1.16. The summed E-state index contributed by atoms with van der Waals surface area (Å²) in [6.45, 7) is 6.09. The number of rotatable bonds is 4. The van der Waals surface area contributed by atoms with E-state index in [-0.39, 0.29) is 0 Å². The van der Waals surface area contributed by atoms with Crippen molar-refractivity contribution in [3.8, 4) is 6.07 Å². The summed E-state index contributed by atoms with van der Waals surface area (Å²) in [7, 11) is 0. The largest absolute Gasteiger partial charge is 0.380 e. The van der Waals surface area contributed by atoms with Crippen molar-refractivity contribution in [2.45, 2.75) is 51.3 Å². The minimum absolute atomic E-state index is 0.484. The van der Waals surface area contributed by atoms with Gasteiger partial charge in [0, 0.05) is 17.0 Å². The Morgan fingerprint density at radius 2 is 2.26 bits per heavy atom. The second-order valence-electron chi connectivity index (χ2n) is 5.06. The molecule has 1 aliphatic carbocycles. The standard InChI is InChI=1S/C15H21N3S/c1-4-19-15-7-5-6-13(15)18-14-8-10(2)17-11(3)12(14)9-16/h8,13,15H,4-7H2,1-3H3,(H,17,18). The topological polar surface area (TPSA) is 48.7 Å². The van der Waals surface area contributed by atoms with Crippen LogP contribution in [0.1, 0.15) is 43.1 Å². The zero-order valence-corrected chi connectivity index (χ0v) is 12.7. The summed E-state index contributed by atoms with van der Waals surface area (Å²) >= 11 is 2.03. The summed E-state index contributed by atoms with van der Waals surface area (Å²) in [6.07, 6.45) is 3.75. The van der Waals surface area contributed by atoms with Crippen LogP contribution < -0.4 is 5.32 Å². The highest BCUT2D eigenvalue weighted by Gasteiger charge is 2.27. The minimum atomic E-state index is 0.484. The Labute approximate surface area is 119 Å². The molecule has 1 saturated carbocycles. The quantitative estimate of drug-likeness (QED) is 0.911. The third kappa shape index (κ3) is 3.22. The SMILES string of the molecule is CCSC1CCCC1Nc1cc(C)nc(C)c1C#N. The van der Waals surface area contributed by atoms with Gasteiger partial charge in [0.1, 0.15) is 6.07 Å². The molecule has 19 heavy (non-hydrogen) atoms. The number of hydrogen-bond donors (Lipinski definition) is 1. The average Bonchev–Trinajstić information content (AvgIpc) is 2.77. The van der Waals surface area contributed by atoms with Crippen LogP contribution in [0.15, 0.2) is 6.07 Å². The van der Waals surface area contributed by atoms with Crippen LogP contribution in [-0.4, -0.2) is 22.0 Å². The van der Waals surface area contributed by atoms with Gasteiger partial charge in [0.15, 0.2) is 0 Å². The van der Waals surface area contributed by atoms with Gasteiger partial charge in [0.25, 0.3) is 0 Å². The number of hydrogen-bond acceptors (Lipinski definition) is 4. The lowest BCUT2D eigenvalue weighted by Crippen LogP contribution is -2.26. The van der Waals surface area contributed by atoms with Crippen LogP contribution in [0.4, 0.5) is 5.69 Å². The van der Waals surface area contributed by atoms with E-state index in [4.69, 9.17) is 0 Å². The van der Waals surface area contributed by atoms with E-state index in [1.165, 1.54) is 19.3 Å². The van der Waals surface area contributed by atoms with Gasteiger partial charge in [-0.15, -0.1) is 0 Å². The molecule has 0 radical (unpaired) electrons. The van der Waals surface area contributed by atoms with Crippen molar-refractivity contribution in [1.29, 1.82) is 5.26 Å². The Morgan fingerprint density at radius 3 is 2.95 bits per heavy atom. The molecule has 0 aliphatic heterocycles. The molecule has 1 N–H and O–H groups in total. The highest BCUT2D eigenvalue weighted by atomic mass is 32.2. The molecule has 2 unspecified atom stereocenters. The Kier molecular flexibility index (Phi) is 4.71. The monoisotopic (exact) mass is 275 g/mol. The highest BCUT2D eigenvalue weighted by molar-refractivity contribution is 7.99. The predicted octanol–water partition coefficient (Wildman–Crippen LogP) is 3.66. The fraction of sp³-hybridized carbons (Fsp3) is 0.600. The van der Waals surface area contributed by atoms with Crippen LogP contribution in [0, 0.1) is 25.2 Å². The molecular weight excluding hydrogens is 254 g/mol. The molecule has 0 spiro atoms. The summed E-state index contributed by atoms with van der Waals surface area (Å²) in [6, 6.07) is 4.76. The van der Waals surface area contributed by atoms with Crippen LogP contribution in [0.25, 0.3) is 0 Å². The zero-order chi connectivity index (χ0) is 13.8. The predicted molar refractivity (Wildman–Crippen MR) is 81.6 cm³/mol. The van der Waals surface area contributed by atoms with E-state index >= 15 is 0 Å². The van der Waals surface area contributed by atoms with Gasteiger partial charge >= 0.3 is 0 Å². The number of nitrogens with zero attached hydrogens (tertiary/aromatic N) is 2. The van der Waals surface area contributed by atoms with Gasteiger partial charge in [-0.3, -0.25) is 4.98 Å². The van der Waals surface area contributed by atoms with Crippen LogP contribution >= 0.6 is 11.8 Å². The molecule has 0 saturated heterocycles. The summed E-state index contributed by atoms with van der Waals surface area (Å²) in [5, 5.41) is 13.6. The fourth-order valence-corrected chi connectivity index (χ4v) is 3.99. The van der Waals surface area contributed by atoms with Crippen molar-refractivity contribution in [2.24, 2.45) is 0 Å². The lowest BCUT2D eigenvalue weighted by atomic mass is 10.1. The Hall–Kier alpha value is -1.21. The third-order valence-corrected chi connectivity index (χ3v) is 4.94. The van der Waals surface area contributed by atoms with E-state index in [1.54, 1.807) is 0 Å². The van der Waals surface area contributed by atoms with Gasteiger partial charge in [-0.05, 0) is 38.5 Å². The van der Waals surface area contributed by atoms with Crippen LogP contribution in [0.2, 0.25) is 0 Å². The van der Waals surface area contributed by atoms with E-state index < -0.39 is 0 Å². The second kappa shape index (κ2) is 6.29. The zero-order valence-electron chi connectivity index (χ0n) is 11.9. The molecule has 1 heterocycles. The van der Waals surface area contributed by atoms with Crippen LogP contribution in [0.5, 0.6) is 0 Å². The van der Waals surface area contributed by atoms with Gasteiger partial charge in [-0.25, -0.2) is 0 Å². The molecule has 1 fully saturated rings. The molecule has 0 bridgehead atoms. The molecule has 1 aromatic heterocycles. The first-order chi connectivity index (χ1) is 9.15. The first-order valence-electron chi connectivity index (χ1n) is 6.92. The van der Waals surface area contributed by atoms with Gasteiger partial charge in [-0.1, -0.05) is 13.3 Å². The number of anilines is 1. The Morgan fingerprint density at radius 1 is 1.47 bits per heavy atom. The summed E-state index contributed by atoms with van der Waals surface area (Å²) < 4.78 is 0. The molecule has 3 nitrogen and oxygen atoms in total. The normalized spacial score (nSPS) is 22.2. The highest BCUT2D eigenvalue weighted by Crippen LogP contribution is 2.33. The number of aromatic nitrogens is 1. The number of thioether (sulfide) groups is 1. The van der Waals surface area contributed by atoms with Crippen molar-refractivity contribution >= 4 is 17.4 Å². The molecule has 102 valence electrons. The van der Waals surface area contributed by atoms with Crippen molar-refractivity contribution in [1.82, 2.24) is 4.98 Å². The van der Waals surface area contributed by atoms with Crippen molar-refractivity contribution in [3.63, 3.8) is 0 Å². The Bertz CT molecular complexity index is 493. The number of aryl methyl sites for hydroxylation is 2. The first-order valence-corrected chi connectivity index (χ1v) is 7.97. The van der Waals surface area contributed by atoms with E-state index in [0.717, 1.165) is 22.8 Å². The Balaban J connectivity index is 2.21. The molecule has 1 aromatic rings. The van der Waals surface area contributed by atoms with Gasteiger partial charge in [0.2, 0.25) is 0 Å². The van der Waals surface area contributed by atoms with Crippen LogP contribution in [0.3, 0.4) is 0 Å². The van der Waals surface area contributed by atoms with Crippen molar-refractivity contribution in [3.05, 3.63) is 23.0 Å². The fourth-order valence-electron chi connectivity index (χ4n) is 2.79. The van der Waals surface area contributed by atoms with Gasteiger partial charge in [-0.2, -0.15) is 17.0 Å². The molecule has 2 atom stereocenters. The smallest absolute Gasteiger partial charge is 0.103 e. The number of nitrogens with one attached hydrogen (secondary N) is 1. The van der Waals surface area contributed by atoms with Crippen LogP contribution in [-0.2, 0) is 0 Å². The maximum absolute atomic E-state index is 9.30. The van der Waals surface area contributed by atoms with E-state index in [1.807, 2.05) is 31.7 Å². The molecule has 4 heteroatoms. The molecular formula is C15H21N3S. The van der Waals surface area contributed by atoms with Crippen molar-refractivity contribution < 1.29 is 0 Å². The average molecular weight is 275 g/mol. The molecule has 1 aliphatic rings. The van der Waals surface area contributed by atoms with E-state index in [2.05, 4.69) is 23.3 Å². The van der Waals surface area contributed by atoms with Crippen molar-refractivity contribution in [2.75, 3.05) is 11.1 Å². The maximum atomic E-state index is 9.30.